The average Bonchev–Trinajstić information content (AvgIpc) is 2.40. The first-order chi connectivity index (χ1) is 9.20. The minimum absolute atomic E-state index is 0.0617. The van der Waals surface area contributed by atoms with E-state index in [0.717, 1.165) is 17.7 Å². The van der Waals surface area contributed by atoms with Gasteiger partial charge in [-0.25, -0.2) is 5.43 Å². The van der Waals surface area contributed by atoms with E-state index in [0.29, 0.717) is 5.92 Å². The smallest absolute Gasteiger partial charge is 0.0881 e. The van der Waals surface area contributed by atoms with Crippen molar-refractivity contribution in [2.24, 2.45) is 11.8 Å². The lowest BCUT2D eigenvalue weighted by molar-refractivity contribution is 0.615. The Balaban J connectivity index is 2.28. The van der Waals surface area contributed by atoms with Crippen molar-refractivity contribution in [1.82, 2.24) is 10.4 Å². The van der Waals surface area contributed by atoms with Crippen molar-refractivity contribution in [3.8, 4) is 0 Å². The van der Waals surface area contributed by atoms with Gasteiger partial charge in [-0.1, -0.05) is 44.2 Å². The number of hydrazine groups is 1. The third kappa shape index (κ3) is 3.63. The van der Waals surface area contributed by atoms with Crippen LogP contribution in [-0.4, -0.2) is 4.98 Å². The SMILES string of the molecule is CC(C)Cc1cccc(C(NN)c2ccccn2)c1. The largest absolute Gasteiger partial charge is 0.271 e. The molecule has 0 spiro atoms. The number of nitrogens with two attached hydrogens (primary N) is 1. The Morgan fingerprint density at radius 1 is 1.16 bits per heavy atom. The Morgan fingerprint density at radius 3 is 2.63 bits per heavy atom. The van der Waals surface area contributed by atoms with E-state index in [-0.39, 0.29) is 6.04 Å². The molecule has 3 N–H and O–H groups in total. The molecule has 0 saturated heterocycles. The molecule has 1 heterocycles. The van der Waals surface area contributed by atoms with Crippen LogP contribution in [0.2, 0.25) is 0 Å². The molecule has 1 atom stereocenters. The van der Waals surface area contributed by atoms with Crippen molar-refractivity contribution < 1.29 is 0 Å². The molecule has 0 amide bonds. The summed E-state index contributed by atoms with van der Waals surface area (Å²) in [6.07, 6.45) is 2.87. The predicted octanol–water partition coefficient (Wildman–Crippen LogP) is 2.83. The molecule has 2 aromatic rings. The van der Waals surface area contributed by atoms with E-state index in [9.17, 15) is 0 Å². The summed E-state index contributed by atoms with van der Waals surface area (Å²) < 4.78 is 0. The molecule has 3 nitrogen and oxygen atoms in total. The Hall–Kier alpha value is -1.71. The third-order valence-electron chi connectivity index (χ3n) is 3.08. The lowest BCUT2D eigenvalue weighted by atomic mass is 9.97. The van der Waals surface area contributed by atoms with Crippen LogP contribution >= 0.6 is 0 Å². The molecule has 1 unspecified atom stereocenters. The molecule has 1 aromatic carbocycles. The zero-order valence-corrected chi connectivity index (χ0v) is 11.5. The molecule has 0 aliphatic carbocycles. The molecule has 0 bridgehead atoms. The number of hydrogen-bond donors (Lipinski definition) is 2. The first kappa shape index (κ1) is 13.7. The van der Waals surface area contributed by atoms with E-state index >= 15 is 0 Å². The van der Waals surface area contributed by atoms with Gasteiger partial charge in [0, 0.05) is 6.20 Å². The van der Waals surface area contributed by atoms with E-state index < -0.39 is 0 Å². The second-order valence-electron chi connectivity index (χ2n) is 5.20. The van der Waals surface area contributed by atoms with Gasteiger partial charge in [0.15, 0.2) is 0 Å². The highest BCUT2D eigenvalue weighted by molar-refractivity contribution is 5.31. The zero-order valence-electron chi connectivity index (χ0n) is 11.5. The summed E-state index contributed by atoms with van der Waals surface area (Å²) in [4.78, 5) is 4.37. The Labute approximate surface area is 114 Å². The highest BCUT2D eigenvalue weighted by Crippen LogP contribution is 2.21. The van der Waals surface area contributed by atoms with E-state index in [1.165, 1.54) is 5.56 Å². The molecule has 19 heavy (non-hydrogen) atoms. The fourth-order valence-electron chi connectivity index (χ4n) is 2.27. The Bertz CT molecular complexity index is 508. The van der Waals surface area contributed by atoms with Crippen LogP contribution in [0.15, 0.2) is 48.7 Å². The first-order valence-corrected chi connectivity index (χ1v) is 6.66. The summed E-state index contributed by atoms with van der Waals surface area (Å²) >= 11 is 0. The minimum atomic E-state index is -0.0617. The fraction of sp³-hybridized carbons (Fsp3) is 0.312. The molecule has 0 fully saturated rings. The van der Waals surface area contributed by atoms with Gasteiger partial charge in [0.05, 0.1) is 11.7 Å². The van der Waals surface area contributed by atoms with Crippen LogP contribution in [0, 0.1) is 5.92 Å². The monoisotopic (exact) mass is 255 g/mol. The lowest BCUT2D eigenvalue weighted by Crippen LogP contribution is -2.29. The van der Waals surface area contributed by atoms with Crippen LogP contribution in [0.25, 0.3) is 0 Å². The van der Waals surface area contributed by atoms with E-state index in [1.807, 2.05) is 18.2 Å². The predicted molar refractivity (Wildman–Crippen MR) is 78.4 cm³/mol. The van der Waals surface area contributed by atoms with Crippen LogP contribution in [0.5, 0.6) is 0 Å². The van der Waals surface area contributed by atoms with Gasteiger partial charge in [0.25, 0.3) is 0 Å². The van der Waals surface area contributed by atoms with Gasteiger partial charge in [0.1, 0.15) is 0 Å². The highest BCUT2D eigenvalue weighted by atomic mass is 15.2. The number of aromatic nitrogens is 1. The molecule has 2 rings (SSSR count). The summed E-state index contributed by atoms with van der Waals surface area (Å²) in [5.74, 6) is 6.35. The van der Waals surface area contributed by atoms with Gasteiger partial charge in [-0.05, 0) is 35.6 Å². The summed E-state index contributed by atoms with van der Waals surface area (Å²) in [7, 11) is 0. The molecule has 100 valence electrons. The number of pyridine rings is 1. The second kappa shape index (κ2) is 6.45. The normalized spacial score (nSPS) is 12.6. The van der Waals surface area contributed by atoms with Gasteiger partial charge in [-0.3, -0.25) is 10.8 Å². The number of nitrogens with zero attached hydrogens (tertiary/aromatic N) is 1. The molecule has 0 radical (unpaired) electrons. The molecular weight excluding hydrogens is 234 g/mol. The van der Waals surface area contributed by atoms with Crippen molar-refractivity contribution in [2.75, 3.05) is 0 Å². The Morgan fingerprint density at radius 2 is 2.00 bits per heavy atom. The quantitative estimate of drug-likeness (QED) is 0.638. The van der Waals surface area contributed by atoms with Crippen LogP contribution in [0.1, 0.15) is 36.7 Å². The second-order valence-corrected chi connectivity index (χ2v) is 5.20. The summed E-state index contributed by atoms with van der Waals surface area (Å²) in [5, 5.41) is 0. The summed E-state index contributed by atoms with van der Waals surface area (Å²) in [6, 6.07) is 14.3. The maximum absolute atomic E-state index is 5.70. The number of nitrogens with one attached hydrogen (secondary N) is 1. The molecular formula is C16H21N3. The van der Waals surface area contributed by atoms with E-state index in [1.54, 1.807) is 6.20 Å². The molecule has 3 heteroatoms. The topological polar surface area (TPSA) is 50.9 Å². The molecule has 0 aliphatic heterocycles. The molecule has 0 saturated carbocycles. The molecule has 0 aliphatic rings. The van der Waals surface area contributed by atoms with Crippen molar-refractivity contribution in [2.45, 2.75) is 26.3 Å². The first-order valence-electron chi connectivity index (χ1n) is 6.66. The fourth-order valence-corrected chi connectivity index (χ4v) is 2.27. The van der Waals surface area contributed by atoms with Gasteiger partial charge < -0.3 is 0 Å². The number of hydrogen-bond acceptors (Lipinski definition) is 3. The van der Waals surface area contributed by atoms with E-state index in [2.05, 4.69) is 48.5 Å². The third-order valence-corrected chi connectivity index (χ3v) is 3.08. The summed E-state index contributed by atoms with van der Waals surface area (Å²) in [6.45, 7) is 4.45. The molecule has 1 aromatic heterocycles. The van der Waals surface area contributed by atoms with Crippen molar-refractivity contribution in [3.05, 3.63) is 65.5 Å². The van der Waals surface area contributed by atoms with Crippen molar-refractivity contribution in [1.29, 1.82) is 0 Å². The van der Waals surface area contributed by atoms with Crippen LogP contribution in [0.3, 0.4) is 0 Å². The van der Waals surface area contributed by atoms with Gasteiger partial charge >= 0.3 is 0 Å². The van der Waals surface area contributed by atoms with E-state index in [4.69, 9.17) is 5.84 Å². The number of rotatable bonds is 5. The highest BCUT2D eigenvalue weighted by Gasteiger charge is 2.13. The van der Waals surface area contributed by atoms with Gasteiger partial charge in [-0.15, -0.1) is 0 Å². The minimum Gasteiger partial charge on any atom is -0.271 e. The maximum atomic E-state index is 5.70. The van der Waals surface area contributed by atoms with Gasteiger partial charge in [0.2, 0.25) is 0 Å². The number of benzene rings is 1. The van der Waals surface area contributed by atoms with Crippen LogP contribution in [0.4, 0.5) is 0 Å². The summed E-state index contributed by atoms with van der Waals surface area (Å²) in [5.41, 5.74) is 6.28. The Kier molecular flexibility index (Phi) is 4.66. The average molecular weight is 255 g/mol. The maximum Gasteiger partial charge on any atom is 0.0881 e. The lowest BCUT2D eigenvalue weighted by Gasteiger charge is -2.17. The van der Waals surface area contributed by atoms with Crippen LogP contribution < -0.4 is 11.3 Å². The zero-order chi connectivity index (χ0) is 13.7. The van der Waals surface area contributed by atoms with Gasteiger partial charge in [-0.2, -0.15) is 0 Å². The van der Waals surface area contributed by atoms with Crippen molar-refractivity contribution in [3.63, 3.8) is 0 Å². The standard InChI is InChI=1S/C16H21N3/c1-12(2)10-13-6-5-7-14(11-13)16(19-17)15-8-3-4-9-18-15/h3-9,11-12,16,19H,10,17H2,1-2H3. The van der Waals surface area contributed by atoms with Crippen molar-refractivity contribution >= 4 is 0 Å². The van der Waals surface area contributed by atoms with Crippen LogP contribution in [-0.2, 0) is 6.42 Å².